The van der Waals surface area contributed by atoms with Crippen LogP contribution in [-0.2, 0) is 6.42 Å². The number of nitrogens with one attached hydrogen (secondary N) is 1. The van der Waals surface area contributed by atoms with Crippen molar-refractivity contribution in [3.8, 4) is 11.8 Å². The molecule has 2 heterocycles. The van der Waals surface area contributed by atoms with E-state index in [-0.39, 0.29) is 6.10 Å². The standard InChI is InChI=1S/C14H12N4O/c15-6-11-7-17-14(9-16-11)18-8-12-5-10-3-1-2-4-13(10)19-12/h1-4,7,9,12H,5,8H2,(H,17,18). The first kappa shape index (κ1) is 11.5. The monoisotopic (exact) mass is 252 g/mol. The smallest absolute Gasteiger partial charge is 0.158 e. The number of benzene rings is 1. The van der Waals surface area contributed by atoms with Crippen molar-refractivity contribution in [1.82, 2.24) is 9.97 Å². The zero-order valence-electron chi connectivity index (χ0n) is 10.2. The fourth-order valence-electron chi connectivity index (χ4n) is 2.06. The molecule has 1 aliphatic heterocycles. The van der Waals surface area contributed by atoms with E-state index in [1.165, 1.54) is 11.8 Å². The molecule has 0 saturated carbocycles. The van der Waals surface area contributed by atoms with Gasteiger partial charge < -0.3 is 10.1 Å². The first-order valence-corrected chi connectivity index (χ1v) is 6.06. The van der Waals surface area contributed by atoms with Crippen molar-refractivity contribution in [3.05, 3.63) is 47.9 Å². The molecule has 1 unspecified atom stereocenters. The highest BCUT2D eigenvalue weighted by molar-refractivity contribution is 5.39. The van der Waals surface area contributed by atoms with E-state index in [1.807, 2.05) is 24.3 Å². The SMILES string of the molecule is N#Cc1cnc(NCC2Cc3ccccc3O2)cn1. The Morgan fingerprint density at radius 2 is 2.21 bits per heavy atom. The molecule has 1 aliphatic rings. The van der Waals surface area contributed by atoms with Gasteiger partial charge in [0.05, 0.1) is 18.9 Å². The molecule has 0 amide bonds. The number of aromatic nitrogens is 2. The minimum Gasteiger partial charge on any atom is -0.488 e. The first-order valence-electron chi connectivity index (χ1n) is 6.06. The fraction of sp³-hybridized carbons (Fsp3) is 0.214. The van der Waals surface area contributed by atoms with Crippen LogP contribution < -0.4 is 10.1 Å². The van der Waals surface area contributed by atoms with Crippen molar-refractivity contribution in [1.29, 1.82) is 5.26 Å². The zero-order valence-corrected chi connectivity index (χ0v) is 10.2. The van der Waals surface area contributed by atoms with Gasteiger partial charge in [-0.05, 0) is 11.6 Å². The summed E-state index contributed by atoms with van der Waals surface area (Å²) < 4.78 is 5.81. The molecule has 1 aromatic heterocycles. The summed E-state index contributed by atoms with van der Waals surface area (Å²) in [6.07, 6.45) is 4.01. The number of hydrogen-bond acceptors (Lipinski definition) is 5. The second-order valence-electron chi connectivity index (χ2n) is 4.33. The molecule has 0 radical (unpaired) electrons. The van der Waals surface area contributed by atoms with Gasteiger partial charge in [0.25, 0.3) is 0 Å². The van der Waals surface area contributed by atoms with Gasteiger partial charge in [0.1, 0.15) is 23.7 Å². The van der Waals surface area contributed by atoms with Crippen molar-refractivity contribution in [2.45, 2.75) is 12.5 Å². The van der Waals surface area contributed by atoms with Crippen LogP contribution in [0.1, 0.15) is 11.3 Å². The molecule has 0 fully saturated rings. The average molecular weight is 252 g/mol. The van der Waals surface area contributed by atoms with E-state index < -0.39 is 0 Å². The molecule has 94 valence electrons. The molecule has 5 nitrogen and oxygen atoms in total. The van der Waals surface area contributed by atoms with Crippen LogP contribution in [-0.4, -0.2) is 22.6 Å². The molecule has 19 heavy (non-hydrogen) atoms. The number of nitriles is 1. The lowest BCUT2D eigenvalue weighted by Crippen LogP contribution is -2.24. The average Bonchev–Trinajstić information content (AvgIpc) is 2.88. The predicted octanol–water partition coefficient (Wildman–Crippen LogP) is 1.76. The van der Waals surface area contributed by atoms with Gasteiger partial charge in [0.2, 0.25) is 0 Å². The number of ether oxygens (including phenoxy) is 1. The lowest BCUT2D eigenvalue weighted by Gasteiger charge is -2.11. The Morgan fingerprint density at radius 3 is 2.95 bits per heavy atom. The van der Waals surface area contributed by atoms with E-state index in [4.69, 9.17) is 10.00 Å². The van der Waals surface area contributed by atoms with Gasteiger partial charge in [-0.25, -0.2) is 9.97 Å². The maximum atomic E-state index is 8.64. The van der Waals surface area contributed by atoms with Crippen molar-refractivity contribution in [2.75, 3.05) is 11.9 Å². The second-order valence-corrected chi connectivity index (χ2v) is 4.33. The molecule has 0 spiro atoms. The Kier molecular flexibility index (Phi) is 2.99. The molecule has 1 N–H and O–H groups in total. The molecule has 2 aromatic rings. The molecular weight excluding hydrogens is 240 g/mol. The second kappa shape index (κ2) is 4.94. The summed E-state index contributed by atoms with van der Waals surface area (Å²) in [5.74, 6) is 1.61. The van der Waals surface area contributed by atoms with E-state index >= 15 is 0 Å². The Bertz CT molecular complexity index is 593. The van der Waals surface area contributed by atoms with Crippen molar-refractivity contribution in [2.24, 2.45) is 0 Å². The molecule has 1 aromatic carbocycles. The van der Waals surface area contributed by atoms with Crippen LogP contribution in [0.25, 0.3) is 0 Å². The third kappa shape index (κ3) is 2.47. The highest BCUT2D eigenvalue weighted by Crippen LogP contribution is 2.27. The lowest BCUT2D eigenvalue weighted by atomic mass is 10.1. The number of fused-ring (bicyclic) bond motifs is 1. The van der Waals surface area contributed by atoms with Gasteiger partial charge >= 0.3 is 0 Å². The molecule has 0 bridgehead atoms. The predicted molar refractivity (Wildman–Crippen MR) is 69.8 cm³/mol. The summed E-state index contributed by atoms with van der Waals surface area (Å²) in [6.45, 7) is 0.662. The van der Waals surface area contributed by atoms with E-state index in [0.717, 1.165) is 12.2 Å². The van der Waals surface area contributed by atoms with Gasteiger partial charge in [0, 0.05) is 6.42 Å². The Balaban J connectivity index is 1.58. The molecule has 1 atom stereocenters. The van der Waals surface area contributed by atoms with Crippen LogP contribution >= 0.6 is 0 Å². The van der Waals surface area contributed by atoms with E-state index in [1.54, 1.807) is 6.20 Å². The molecule has 0 aliphatic carbocycles. The number of nitrogens with zero attached hydrogens (tertiary/aromatic N) is 3. The molecule has 5 heteroatoms. The van der Waals surface area contributed by atoms with Crippen LogP contribution in [0.4, 0.5) is 5.82 Å². The maximum absolute atomic E-state index is 8.64. The molecular formula is C14H12N4O. The van der Waals surface area contributed by atoms with E-state index in [9.17, 15) is 0 Å². The van der Waals surface area contributed by atoms with Crippen LogP contribution in [0.2, 0.25) is 0 Å². The fourth-order valence-corrected chi connectivity index (χ4v) is 2.06. The van der Waals surface area contributed by atoms with E-state index in [2.05, 4.69) is 21.4 Å². The van der Waals surface area contributed by atoms with Crippen LogP contribution in [0.15, 0.2) is 36.7 Å². The Labute approximate surface area is 110 Å². The number of hydrogen-bond donors (Lipinski definition) is 1. The Hall–Kier alpha value is -2.61. The van der Waals surface area contributed by atoms with Crippen molar-refractivity contribution < 1.29 is 4.74 Å². The minimum absolute atomic E-state index is 0.106. The van der Waals surface area contributed by atoms with Gasteiger partial charge in [-0.3, -0.25) is 0 Å². The summed E-state index contributed by atoms with van der Waals surface area (Å²) in [7, 11) is 0. The summed E-state index contributed by atoms with van der Waals surface area (Å²) in [5, 5.41) is 11.8. The summed E-state index contributed by atoms with van der Waals surface area (Å²) >= 11 is 0. The van der Waals surface area contributed by atoms with Crippen LogP contribution in [0.3, 0.4) is 0 Å². The zero-order chi connectivity index (χ0) is 13.1. The topological polar surface area (TPSA) is 70.8 Å². The Morgan fingerprint density at radius 1 is 1.32 bits per heavy atom. The minimum atomic E-state index is 0.106. The third-order valence-corrected chi connectivity index (χ3v) is 2.99. The van der Waals surface area contributed by atoms with Crippen molar-refractivity contribution in [3.63, 3.8) is 0 Å². The molecule has 3 rings (SSSR count). The number of para-hydroxylation sites is 1. The highest BCUT2D eigenvalue weighted by atomic mass is 16.5. The summed E-state index contributed by atoms with van der Waals surface area (Å²) in [6, 6.07) is 9.99. The quantitative estimate of drug-likeness (QED) is 0.901. The summed E-state index contributed by atoms with van der Waals surface area (Å²) in [4.78, 5) is 8.06. The van der Waals surface area contributed by atoms with Crippen LogP contribution in [0.5, 0.6) is 5.75 Å². The van der Waals surface area contributed by atoms with Gasteiger partial charge in [-0.15, -0.1) is 0 Å². The number of anilines is 1. The van der Waals surface area contributed by atoms with Gasteiger partial charge in [-0.1, -0.05) is 18.2 Å². The normalized spacial score (nSPS) is 16.3. The van der Waals surface area contributed by atoms with Crippen LogP contribution in [0, 0.1) is 11.3 Å². The highest BCUT2D eigenvalue weighted by Gasteiger charge is 2.21. The van der Waals surface area contributed by atoms with E-state index in [0.29, 0.717) is 18.1 Å². The van der Waals surface area contributed by atoms with Gasteiger partial charge in [-0.2, -0.15) is 5.26 Å². The largest absolute Gasteiger partial charge is 0.488 e. The number of rotatable bonds is 3. The van der Waals surface area contributed by atoms with Gasteiger partial charge in [0.15, 0.2) is 5.69 Å². The molecule has 0 saturated heterocycles. The van der Waals surface area contributed by atoms with Crippen molar-refractivity contribution >= 4 is 5.82 Å². The third-order valence-electron chi connectivity index (χ3n) is 2.99. The first-order chi connectivity index (χ1) is 9.35. The maximum Gasteiger partial charge on any atom is 0.158 e. The summed E-state index contributed by atoms with van der Waals surface area (Å²) in [5.41, 5.74) is 1.55. The lowest BCUT2D eigenvalue weighted by molar-refractivity contribution is 0.246.